The third-order valence-corrected chi connectivity index (χ3v) is 3.55. The summed E-state index contributed by atoms with van der Waals surface area (Å²) in [6, 6.07) is 4.13. The van der Waals surface area contributed by atoms with Crippen molar-refractivity contribution in [1.29, 1.82) is 0 Å². The molecule has 0 aliphatic heterocycles. The van der Waals surface area contributed by atoms with Gasteiger partial charge in [-0.3, -0.25) is 0 Å². The summed E-state index contributed by atoms with van der Waals surface area (Å²) < 4.78 is 174. The second kappa shape index (κ2) is 7.74. The normalized spacial score (nSPS) is 14.8. The summed E-state index contributed by atoms with van der Waals surface area (Å²) in [6.45, 7) is 0. The Morgan fingerprint density at radius 3 is 1.52 bits per heavy atom. The number of rotatable bonds is 9. The predicted molar refractivity (Wildman–Crippen MR) is 71.7 cm³/mol. The molecule has 1 aromatic carbocycles. The van der Waals surface area contributed by atoms with Crippen LogP contribution in [-0.2, 0) is 0 Å². The summed E-state index contributed by atoms with van der Waals surface area (Å²) in [5.74, 6) is -29.1. The van der Waals surface area contributed by atoms with E-state index in [2.05, 4.69) is 4.74 Å². The number of halogens is 13. The van der Waals surface area contributed by atoms with Crippen LogP contribution < -0.4 is 4.74 Å². The number of alkyl halides is 13. The molecule has 29 heavy (non-hydrogen) atoms. The van der Waals surface area contributed by atoms with E-state index in [4.69, 9.17) is 0 Å². The molecule has 0 aliphatic rings. The summed E-state index contributed by atoms with van der Waals surface area (Å²) in [6.07, 6.45) is -18.1. The minimum atomic E-state index is -7.40. The van der Waals surface area contributed by atoms with Gasteiger partial charge in [-0.25, -0.2) is 0 Å². The number of ether oxygens (including phenoxy) is 1. The number of hydrogen-bond acceptors (Lipinski definition) is 1. The molecule has 1 nitrogen and oxygen atoms in total. The largest absolute Gasteiger partial charge is 0.471 e. The van der Waals surface area contributed by atoms with Crippen molar-refractivity contribution in [2.45, 2.75) is 55.2 Å². The fourth-order valence-electron chi connectivity index (χ4n) is 1.98. The molecule has 0 unspecified atom stereocenters. The van der Waals surface area contributed by atoms with Gasteiger partial charge in [0.2, 0.25) is 0 Å². The molecule has 168 valence electrons. The van der Waals surface area contributed by atoms with Crippen molar-refractivity contribution in [2.75, 3.05) is 0 Å². The summed E-state index contributed by atoms with van der Waals surface area (Å²) in [4.78, 5) is 0. The van der Waals surface area contributed by atoms with Gasteiger partial charge < -0.3 is 4.74 Å². The van der Waals surface area contributed by atoms with Gasteiger partial charge in [-0.1, -0.05) is 18.2 Å². The lowest BCUT2D eigenvalue weighted by molar-refractivity contribution is -0.431. The van der Waals surface area contributed by atoms with Crippen LogP contribution >= 0.6 is 0 Å². The van der Waals surface area contributed by atoms with E-state index in [9.17, 15) is 57.1 Å². The number of hydrogen-bond donors (Lipinski definition) is 0. The molecule has 0 amide bonds. The van der Waals surface area contributed by atoms with Crippen molar-refractivity contribution >= 4 is 0 Å². The van der Waals surface area contributed by atoms with Gasteiger partial charge >= 0.3 is 36.0 Å². The topological polar surface area (TPSA) is 9.23 Å². The summed E-state index contributed by atoms with van der Waals surface area (Å²) >= 11 is 0. The third kappa shape index (κ3) is 5.00. The van der Waals surface area contributed by atoms with Crippen LogP contribution in [0.15, 0.2) is 30.3 Å². The molecule has 0 fully saturated rings. The first-order valence-corrected chi connectivity index (χ1v) is 7.48. The van der Waals surface area contributed by atoms with Crippen LogP contribution in [0.25, 0.3) is 0 Å². The highest BCUT2D eigenvalue weighted by atomic mass is 19.4. The Morgan fingerprint density at radius 1 is 0.586 bits per heavy atom. The molecule has 0 saturated carbocycles. The highest BCUT2D eigenvalue weighted by Crippen LogP contribution is 2.58. The zero-order valence-electron chi connectivity index (χ0n) is 13.8. The fourth-order valence-corrected chi connectivity index (χ4v) is 1.98. The van der Waals surface area contributed by atoms with Crippen molar-refractivity contribution in [3.8, 4) is 5.75 Å². The van der Waals surface area contributed by atoms with Crippen LogP contribution in [0.3, 0.4) is 0 Å². The molecule has 0 atom stereocenters. The molecule has 14 heteroatoms. The molecule has 0 bridgehead atoms. The molecule has 0 saturated heterocycles. The molecule has 0 aliphatic carbocycles. The first-order chi connectivity index (χ1) is 12.8. The third-order valence-electron chi connectivity index (χ3n) is 3.55. The molecule has 0 spiro atoms. The fraction of sp³-hybridized carbons (Fsp3) is 0.600. The van der Waals surface area contributed by atoms with E-state index < -0.39 is 61.0 Å². The smallest absolute Gasteiger partial charge is 0.428 e. The average molecular weight is 454 g/mol. The van der Waals surface area contributed by atoms with Crippen LogP contribution in [0, 0.1) is 0 Å². The van der Waals surface area contributed by atoms with Crippen LogP contribution in [0.2, 0.25) is 0 Å². The monoisotopic (exact) mass is 454 g/mol. The molecular weight excluding hydrogens is 443 g/mol. The minimum Gasteiger partial charge on any atom is -0.428 e. The molecule has 0 heterocycles. The number of para-hydroxylation sites is 1. The van der Waals surface area contributed by atoms with Gasteiger partial charge in [0.15, 0.2) is 0 Å². The SMILES string of the molecule is FC(F)(F)CCCC(F)(F)C(F)(F)C(F)(F)C(F)(F)C(F)(F)Oc1ccccc1. The van der Waals surface area contributed by atoms with Gasteiger partial charge in [0.05, 0.1) is 0 Å². The lowest BCUT2D eigenvalue weighted by Gasteiger charge is -2.39. The molecule has 0 aromatic heterocycles. The summed E-state index contributed by atoms with van der Waals surface area (Å²) in [5.41, 5.74) is 0. The van der Waals surface area contributed by atoms with Gasteiger partial charge in [-0.2, -0.15) is 57.1 Å². The van der Waals surface area contributed by atoms with E-state index in [0.29, 0.717) is 12.1 Å². The molecule has 1 aromatic rings. The van der Waals surface area contributed by atoms with Gasteiger partial charge in [-0.05, 0) is 18.6 Å². The Balaban J connectivity index is 3.16. The van der Waals surface area contributed by atoms with Crippen molar-refractivity contribution in [2.24, 2.45) is 0 Å². The highest BCUT2D eigenvalue weighted by Gasteiger charge is 2.87. The Morgan fingerprint density at radius 2 is 1.07 bits per heavy atom. The Kier molecular flexibility index (Phi) is 6.71. The standard InChI is InChI=1S/C15H11F13O/c16-10(17,7-4-8-11(18,19)20)12(21,22)13(23,24)14(25,26)15(27,28)29-9-5-2-1-3-6-9/h1-3,5-6H,4,7-8H2. The maximum absolute atomic E-state index is 13.6. The maximum Gasteiger partial charge on any atom is 0.471 e. The van der Waals surface area contributed by atoms with Crippen molar-refractivity contribution < 1.29 is 61.8 Å². The highest BCUT2D eigenvalue weighted by molar-refractivity contribution is 5.22. The van der Waals surface area contributed by atoms with Crippen molar-refractivity contribution in [3.63, 3.8) is 0 Å². The van der Waals surface area contributed by atoms with E-state index in [0.717, 1.165) is 18.2 Å². The predicted octanol–water partition coefficient (Wildman–Crippen LogP) is 6.93. The van der Waals surface area contributed by atoms with Gasteiger partial charge in [0.25, 0.3) is 0 Å². The van der Waals surface area contributed by atoms with Crippen molar-refractivity contribution in [1.82, 2.24) is 0 Å². The molecule has 1 rings (SSSR count). The minimum absolute atomic E-state index is 0.562. The van der Waals surface area contributed by atoms with E-state index in [-0.39, 0.29) is 0 Å². The zero-order valence-corrected chi connectivity index (χ0v) is 13.8. The summed E-state index contributed by atoms with van der Waals surface area (Å²) in [5, 5.41) is 0. The molecular formula is C15H11F13O. The van der Waals surface area contributed by atoms with Crippen LogP contribution in [-0.4, -0.2) is 36.0 Å². The van der Waals surface area contributed by atoms with E-state index in [1.807, 2.05) is 0 Å². The maximum atomic E-state index is 13.6. The Hall–Kier alpha value is -1.89. The Bertz CT molecular complexity index is 667. The molecule has 0 N–H and O–H groups in total. The van der Waals surface area contributed by atoms with E-state index in [1.165, 1.54) is 0 Å². The van der Waals surface area contributed by atoms with E-state index in [1.54, 1.807) is 0 Å². The van der Waals surface area contributed by atoms with Crippen molar-refractivity contribution in [3.05, 3.63) is 30.3 Å². The van der Waals surface area contributed by atoms with Crippen LogP contribution in [0.4, 0.5) is 57.1 Å². The number of benzene rings is 1. The van der Waals surface area contributed by atoms with Gasteiger partial charge in [0.1, 0.15) is 5.75 Å². The average Bonchev–Trinajstić information content (AvgIpc) is 2.53. The second-order valence-electron chi connectivity index (χ2n) is 5.83. The Labute approximate surface area is 154 Å². The second-order valence-corrected chi connectivity index (χ2v) is 5.83. The van der Waals surface area contributed by atoms with Crippen LogP contribution in [0.5, 0.6) is 5.75 Å². The quantitative estimate of drug-likeness (QED) is 0.368. The lowest BCUT2D eigenvalue weighted by atomic mass is 9.94. The van der Waals surface area contributed by atoms with Gasteiger partial charge in [-0.15, -0.1) is 0 Å². The first-order valence-electron chi connectivity index (χ1n) is 7.48. The van der Waals surface area contributed by atoms with E-state index >= 15 is 0 Å². The van der Waals surface area contributed by atoms with Gasteiger partial charge in [0, 0.05) is 12.8 Å². The zero-order chi connectivity index (χ0) is 22.9. The van der Waals surface area contributed by atoms with Crippen LogP contribution in [0.1, 0.15) is 19.3 Å². The molecule has 0 radical (unpaired) electrons. The lowest BCUT2D eigenvalue weighted by Crippen LogP contribution is -2.68. The first kappa shape index (κ1) is 25.1. The summed E-state index contributed by atoms with van der Waals surface area (Å²) in [7, 11) is 0.